The molecule has 1 saturated carbocycles. The van der Waals surface area contributed by atoms with E-state index in [-0.39, 0.29) is 36.2 Å². The first-order valence-electron chi connectivity index (χ1n) is 13.6. The molecular formula is C27H38N6O6S. The highest BCUT2D eigenvalue weighted by atomic mass is 32.2. The predicted octanol–water partition coefficient (Wildman–Crippen LogP) is 1.02. The molecule has 3 aliphatic rings. The SMILES string of the molecule is COC(=O)[C@@H]1CC2(CN1C(=O)[C@@H](NC(=O)[C@@H](NC(=O)c1cnccn1)C1CCCCC1)C(C)(C)C)NC(=O)CS2. The van der Waals surface area contributed by atoms with Crippen LogP contribution in [-0.2, 0) is 23.9 Å². The number of hydrogen-bond donors (Lipinski definition) is 3. The van der Waals surface area contributed by atoms with Gasteiger partial charge in [0.15, 0.2) is 0 Å². The topological polar surface area (TPSA) is 160 Å². The van der Waals surface area contributed by atoms with Crippen LogP contribution in [0, 0.1) is 11.3 Å². The van der Waals surface area contributed by atoms with E-state index in [2.05, 4.69) is 25.9 Å². The number of ether oxygens (including phenoxy) is 1. The van der Waals surface area contributed by atoms with Crippen molar-refractivity contribution in [2.45, 2.75) is 82.3 Å². The van der Waals surface area contributed by atoms with Crippen molar-refractivity contribution in [1.82, 2.24) is 30.8 Å². The second-order valence-corrected chi connectivity index (χ2v) is 13.1. The fourth-order valence-corrected chi connectivity index (χ4v) is 6.89. The minimum Gasteiger partial charge on any atom is -0.467 e. The molecule has 1 aromatic rings. The molecule has 4 amide bonds. The number of likely N-dealkylation sites (tertiary alicyclic amines) is 1. The number of amides is 4. The van der Waals surface area contributed by atoms with E-state index in [1.807, 2.05) is 20.8 Å². The van der Waals surface area contributed by atoms with Gasteiger partial charge in [-0.25, -0.2) is 9.78 Å². The molecule has 218 valence electrons. The van der Waals surface area contributed by atoms with Crippen molar-refractivity contribution in [2.75, 3.05) is 19.4 Å². The standard InChI is InChI=1S/C27H38N6O6S/c1-26(2,3)21(24(37)33-15-27(32-19(34)14-40-27)12-18(33)25(38)39-4)31-23(36)20(16-8-6-5-7-9-16)30-22(35)17-13-28-10-11-29-17/h10-11,13,16,18,20-21H,5-9,12,14-15H2,1-4H3,(H,30,35)(H,31,36)(H,32,34)/t18-,20-,21+,27?/m0/s1. The van der Waals surface area contributed by atoms with Gasteiger partial charge in [-0.2, -0.15) is 0 Å². The summed E-state index contributed by atoms with van der Waals surface area (Å²) in [4.78, 5) is 74.3. The Morgan fingerprint density at radius 1 is 1.15 bits per heavy atom. The van der Waals surface area contributed by atoms with E-state index in [0.717, 1.165) is 32.1 Å². The highest BCUT2D eigenvalue weighted by Gasteiger charge is 2.55. The molecule has 0 bridgehead atoms. The lowest BCUT2D eigenvalue weighted by Crippen LogP contribution is -2.61. The van der Waals surface area contributed by atoms with Crippen molar-refractivity contribution in [3.8, 4) is 0 Å². The Bertz CT molecular complexity index is 1140. The Kier molecular flexibility index (Phi) is 9.01. The van der Waals surface area contributed by atoms with Gasteiger partial charge < -0.3 is 25.6 Å². The van der Waals surface area contributed by atoms with Gasteiger partial charge in [-0.1, -0.05) is 40.0 Å². The van der Waals surface area contributed by atoms with E-state index >= 15 is 0 Å². The number of methoxy groups -OCH3 is 1. The highest BCUT2D eigenvalue weighted by molar-refractivity contribution is 8.01. The maximum Gasteiger partial charge on any atom is 0.328 e. The van der Waals surface area contributed by atoms with E-state index in [1.54, 1.807) is 0 Å². The normalized spacial score (nSPS) is 24.8. The number of carbonyl (C=O) groups is 5. The monoisotopic (exact) mass is 574 g/mol. The largest absolute Gasteiger partial charge is 0.467 e. The summed E-state index contributed by atoms with van der Waals surface area (Å²) >= 11 is 1.37. The molecule has 3 heterocycles. The van der Waals surface area contributed by atoms with Gasteiger partial charge >= 0.3 is 5.97 Å². The van der Waals surface area contributed by atoms with Crippen LogP contribution in [0.4, 0.5) is 0 Å². The van der Waals surface area contributed by atoms with Gasteiger partial charge in [0.25, 0.3) is 5.91 Å². The maximum absolute atomic E-state index is 14.1. The van der Waals surface area contributed by atoms with Gasteiger partial charge in [0, 0.05) is 18.8 Å². The molecule has 4 atom stereocenters. The van der Waals surface area contributed by atoms with E-state index in [9.17, 15) is 24.0 Å². The van der Waals surface area contributed by atoms with Gasteiger partial charge in [0.05, 0.1) is 25.6 Å². The maximum atomic E-state index is 14.1. The van der Waals surface area contributed by atoms with Gasteiger partial charge in [-0.15, -0.1) is 11.8 Å². The van der Waals surface area contributed by atoms with Crippen molar-refractivity contribution in [3.63, 3.8) is 0 Å². The molecule has 1 spiro atoms. The lowest BCUT2D eigenvalue weighted by Gasteiger charge is -2.37. The molecule has 2 saturated heterocycles. The van der Waals surface area contributed by atoms with Crippen LogP contribution in [0.15, 0.2) is 18.6 Å². The summed E-state index contributed by atoms with van der Waals surface area (Å²) < 4.78 is 4.99. The zero-order valence-electron chi connectivity index (χ0n) is 23.4. The Balaban J connectivity index is 1.58. The Labute approximate surface area is 238 Å². The lowest BCUT2D eigenvalue weighted by atomic mass is 9.82. The van der Waals surface area contributed by atoms with Crippen molar-refractivity contribution < 1.29 is 28.7 Å². The number of aromatic nitrogens is 2. The minimum atomic E-state index is -1.01. The number of rotatable bonds is 7. The molecule has 12 nitrogen and oxygen atoms in total. The molecular weight excluding hydrogens is 536 g/mol. The van der Waals surface area contributed by atoms with Crippen molar-refractivity contribution in [2.24, 2.45) is 11.3 Å². The summed E-state index contributed by atoms with van der Waals surface area (Å²) in [5.74, 6) is -2.03. The lowest BCUT2D eigenvalue weighted by molar-refractivity contribution is -0.153. The average Bonchev–Trinajstić information content (AvgIpc) is 3.50. The van der Waals surface area contributed by atoms with E-state index < -0.39 is 52.1 Å². The fourth-order valence-electron chi connectivity index (χ4n) is 5.72. The summed E-state index contributed by atoms with van der Waals surface area (Å²) in [5, 5.41) is 8.69. The van der Waals surface area contributed by atoms with Crippen molar-refractivity contribution >= 4 is 41.4 Å². The first kappa shape index (κ1) is 29.8. The highest BCUT2D eigenvalue weighted by Crippen LogP contribution is 2.41. The van der Waals surface area contributed by atoms with Crippen molar-refractivity contribution in [1.29, 1.82) is 0 Å². The molecule has 2 aliphatic heterocycles. The minimum absolute atomic E-state index is 0.0963. The molecule has 1 aliphatic carbocycles. The number of thioether (sulfide) groups is 1. The van der Waals surface area contributed by atoms with Gasteiger partial charge in [-0.05, 0) is 24.2 Å². The molecule has 0 radical (unpaired) electrons. The van der Waals surface area contributed by atoms with Crippen LogP contribution in [0.25, 0.3) is 0 Å². The third-order valence-electron chi connectivity index (χ3n) is 7.81. The Morgan fingerprint density at radius 2 is 1.88 bits per heavy atom. The van der Waals surface area contributed by atoms with Gasteiger partial charge in [-0.3, -0.25) is 24.2 Å². The average molecular weight is 575 g/mol. The van der Waals surface area contributed by atoms with Crippen LogP contribution < -0.4 is 16.0 Å². The molecule has 0 aromatic carbocycles. The van der Waals surface area contributed by atoms with Crippen LogP contribution in [0.2, 0.25) is 0 Å². The second kappa shape index (κ2) is 12.1. The number of hydrogen-bond acceptors (Lipinski definition) is 9. The van der Waals surface area contributed by atoms with Gasteiger partial charge in [0.2, 0.25) is 17.7 Å². The van der Waals surface area contributed by atoms with Crippen LogP contribution in [0.1, 0.15) is 69.8 Å². The van der Waals surface area contributed by atoms with Crippen LogP contribution in [-0.4, -0.2) is 86.9 Å². The van der Waals surface area contributed by atoms with Crippen LogP contribution in [0.3, 0.4) is 0 Å². The summed E-state index contributed by atoms with van der Waals surface area (Å²) in [7, 11) is 1.26. The van der Waals surface area contributed by atoms with Crippen LogP contribution >= 0.6 is 11.8 Å². The summed E-state index contributed by atoms with van der Waals surface area (Å²) in [6.07, 6.45) is 8.90. The molecule has 1 aromatic heterocycles. The molecule has 40 heavy (non-hydrogen) atoms. The van der Waals surface area contributed by atoms with E-state index in [4.69, 9.17) is 4.74 Å². The molecule has 4 rings (SSSR count). The zero-order chi connectivity index (χ0) is 29.1. The zero-order valence-corrected chi connectivity index (χ0v) is 24.2. The molecule has 13 heteroatoms. The smallest absolute Gasteiger partial charge is 0.328 e. The molecule has 3 fully saturated rings. The van der Waals surface area contributed by atoms with Crippen molar-refractivity contribution in [3.05, 3.63) is 24.3 Å². The Hall–Kier alpha value is -3.22. The first-order valence-corrected chi connectivity index (χ1v) is 14.6. The second-order valence-electron chi connectivity index (χ2n) is 11.8. The number of nitrogens with one attached hydrogen (secondary N) is 3. The first-order chi connectivity index (χ1) is 18.9. The van der Waals surface area contributed by atoms with E-state index in [1.165, 1.54) is 42.4 Å². The van der Waals surface area contributed by atoms with E-state index in [0.29, 0.717) is 0 Å². The van der Waals surface area contributed by atoms with Crippen LogP contribution in [0.5, 0.6) is 0 Å². The number of carbonyl (C=O) groups excluding carboxylic acids is 5. The summed E-state index contributed by atoms with van der Waals surface area (Å²) in [6, 6.07) is -2.79. The quantitative estimate of drug-likeness (QED) is 0.404. The third-order valence-corrected chi connectivity index (χ3v) is 9.17. The summed E-state index contributed by atoms with van der Waals surface area (Å²) in [5.41, 5.74) is -0.639. The number of nitrogens with zero attached hydrogens (tertiary/aromatic N) is 3. The molecule has 1 unspecified atom stereocenters. The third kappa shape index (κ3) is 6.56. The predicted molar refractivity (Wildman–Crippen MR) is 147 cm³/mol. The number of esters is 1. The summed E-state index contributed by atoms with van der Waals surface area (Å²) in [6.45, 7) is 5.60. The molecule has 3 N–H and O–H groups in total. The van der Waals surface area contributed by atoms with Gasteiger partial charge in [0.1, 0.15) is 28.7 Å². The Morgan fingerprint density at radius 3 is 2.45 bits per heavy atom. The fraction of sp³-hybridized carbons (Fsp3) is 0.667.